The summed E-state index contributed by atoms with van der Waals surface area (Å²) in [6.45, 7) is 3.02. The first-order valence-corrected chi connectivity index (χ1v) is 10.8. The number of piperazine rings is 1. The number of para-hydroxylation sites is 2. The third kappa shape index (κ3) is 3.93. The van der Waals surface area contributed by atoms with Crippen LogP contribution in [0.1, 0.15) is 6.42 Å². The molecule has 3 heterocycles. The van der Waals surface area contributed by atoms with Crippen LogP contribution in [0.15, 0.2) is 54.7 Å². The summed E-state index contributed by atoms with van der Waals surface area (Å²) in [5.41, 5.74) is 2.52. The van der Waals surface area contributed by atoms with Gasteiger partial charge in [-0.3, -0.25) is 14.6 Å². The number of rotatable bonds is 3. The van der Waals surface area contributed by atoms with E-state index in [-0.39, 0.29) is 24.2 Å². The number of carbonyl (C=O) groups is 2. The van der Waals surface area contributed by atoms with Crippen LogP contribution in [0.4, 0.5) is 11.5 Å². The fourth-order valence-corrected chi connectivity index (χ4v) is 4.38. The Morgan fingerprint density at radius 2 is 1.68 bits per heavy atom. The molecule has 2 amide bonds. The second-order valence-corrected chi connectivity index (χ2v) is 8.35. The Bertz CT molecular complexity index is 1130. The second-order valence-electron chi connectivity index (χ2n) is 7.91. The lowest BCUT2D eigenvalue weighted by molar-refractivity contribution is -0.136. The van der Waals surface area contributed by atoms with Gasteiger partial charge in [0.25, 0.3) is 0 Å². The normalized spacial score (nSPS) is 19.3. The first-order valence-electron chi connectivity index (χ1n) is 10.4. The quantitative estimate of drug-likeness (QED) is 0.632. The summed E-state index contributed by atoms with van der Waals surface area (Å²) >= 11 is 5.94. The molecule has 2 aromatic carbocycles. The Morgan fingerprint density at radius 3 is 2.42 bits per heavy atom. The molecule has 5 rings (SSSR count). The maximum absolute atomic E-state index is 13.1. The van der Waals surface area contributed by atoms with Gasteiger partial charge in [-0.15, -0.1) is 0 Å². The summed E-state index contributed by atoms with van der Waals surface area (Å²) in [6.07, 6.45) is 2.04. The number of amides is 2. The monoisotopic (exact) mass is 435 g/mol. The molecular formula is C23H22ClN5O2. The summed E-state index contributed by atoms with van der Waals surface area (Å²) < 4.78 is 0. The molecule has 0 aliphatic carbocycles. The molecule has 1 unspecified atom stereocenters. The molecule has 3 aromatic rings. The molecule has 2 aliphatic rings. The highest BCUT2D eigenvalue weighted by atomic mass is 35.5. The van der Waals surface area contributed by atoms with Crippen molar-refractivity contribution in [2.45, 2.75) is 6.42 Å². The standard InChI is InChI=1S/C23H22ClN5O2/c24-17-5-7-18(8-6-17)29-15-16(13-22(29)30)23(31)28-11-9-27(10-12-28)21-14-25-19-3-1-2-4-20(19)26-21/h1-8,14,16H,9-13,15H2. The number of hydrogen-bond acceptors (Lipinski definition) is 5. The van der Waals surface area contributed by atoms with Crippen molar-refractivity contribution < 1.29 is 9.59 Å². The first-order chi connectivity index (χ1) is 15.1. The molecule has 8 heteroatoms. The van der Waals surface area contributed by atoms with Gasteiger partial charge < -0.3 is 14.7 Å². The highest BCUT2D eigenvalue weighted by Gasteiger charge is 2.38. The zero-order valence-corrected chi connectivity index (χ0v) is 17.7. The minimum atomic E-state index is -0.310. The van der Waals surface area contributed by atoms with Gasteiger partial charge >= 0.3 is 0 Å². The largest absolute Gasteiger partial charge is 0.352 e. The van der Waals surface area contributed by atoms with E-state index in [1.165, 1.54) is 0 Å². The summed E-state index contributed by atoms with van der Waals surface area (Å²) in [7, 11) is 0. The Balaban J connectivity index is 1.21. The number of carbonyl (C=O) groups excluding carboxylic acids is 2. The van der Waals surface area contributed by atoms with Crippen molar-refractivity contribution in [3.8, 4) is 0 Å². The lowest BCUT2D eigenvalue weighted by Crippen LogP contribution is -2.51. The number of halogens is 1. The van der Waals surface area contributed by atoms with Gasteiger partial charge in [-0.1, -0.05) is 23.7 Å². The van der Waals surface area contributed by atoms with Gasteiger partial charge in [-0.25, -0.2) is 4.98 Å². The van der Waals surface area contributed by atoms with Crippen LogP contribution >= 0.6 is 11.6 Å². The fraction of sp³-hybridized carbons (Fsp3) is 0.304. The maximum Gasteiger partial charge on any atom is 0.228 e. The molecule has 0 saturated carbocycles. The molecular weight excluding hydrogens is 414 g/mol. The SMILES string of the molecule is O=C(C1CC(=O)N(c2ccc(Cl)cc2)C1)N1CCN(c2cnc3ccccc3n2)CC1. The maximum atomic E-state index is 13.1. The zero-order chi connectivity index (χ0) is 21.4. The number of benzene rings is 2. The van der Waals surface area contributed by atoms with Crippen molar-refractivity contribution in [3.63, 3.8) is 0 Å². The van der Waals surface area contributed by atoms with E-state index in [4.69, 9.17) is 16.6 Å². The zero-order valence-electron chi connectivity index (χ0n) is 16.9. The van der Waals surface area contributed by atoms with Crippen molar-refractivity contribution in [1.82, 2.24) is 14.9 Å². The number of anilines is 2. The molecule has 2 saturated heterocycles. The van der Waals surface area contributed by atoms with Gasteiger partial charge in [-0.05, 0) is 36.4 Å². The van der Waals surface area contributed by atoms with Crippen LogP contribution in [0.5, 0.6) is 0 Å². The number of aromatic nitrogens is 2. The third-order valence-corrected chi connectivity index (χ3v) is 6.22. The van der Waals surface area contributed by atoms with Crippen molar-refractivity contribution >= 4 is 46.0 Å². The van der Waals surface area contributed by atoms with E-state index in [0.717, 1.165) is 22.5 Å². The predicted molar refractivity (Wildman–Crippen MR) is 120 cm³/mol. The number of nitrogens with zero attached hydrogens (tertiary/aromatic N) is 5. The highest BCUT2D eigenvalue weighted by Crippen LogP contribution is 2.28. The number of fused-ring (bicyclic) bond motifs is 1. The van der Waals surface area contributed by atoms with Gasteiger partial charge in [0.15, 0.2) is 0 Å². The van der Waals surface area contributed by atoms with Crippen LogP contribution in [0, 0.1) is 5.92 Å². The molecule has 31 heavy (non-hydrogen) atoms. The van der Waals surface area contributed by atoms with E-state index < -0.39 is 0 Å². The van der Waals surface area contributed by atoms with Gasteiger partial charge in [-0.2, -0.15) is 0 Å². The van der Waals surface area contributed by atoms with Crippen LogP contribution in [-0.2, 0) is 9.59 Å². The van der Waals surface area contributed by atoms with E-state index in [1.807, 2.05) is 41.3 Å². The average Bonchev–Trinajstić information content (AvgIpc) is 3.20. The van der Waals surface area contributed by atoms with Crippen molar-refractivity contribution in [3.05, 3.63) is 59.8 Å². The van der Waals surface area contributed by atoms with E-state index >= 15 is 0 Å². The topological polar surface area (TPSA) is 69.6 Å². The Morgan fingerprint density at radius 1 is 0.968 bits per heavy atom. The van der Waals surface area contributed by atoms with Gasteiger partial charge in [0.1, 0.15) is 5.82 Å². The van der Waals surface area contributed by atoms with Crippen LogP contribution in [0.2, 0.25) is 5.02 Å². The molecule has 0 bridgehead atoms. The molecule has 1 atom stereocenters. The molecule has 1 aromatic heterocycles. The summed E-state index contributed by atoms with van der Waals surface area (Å²) in [5.74, 6) is 0.547. The minimum Gasteiger partial charge on any atom is -0.352 e. The van der Waals surface area contributed by atoms with Crippen molar-refractivity contribution in [2.24, 2.45) is 5.92 Å². The van der Waals surface area contributed by atoms with E-state index in [0.29, 0.717) is 37.7 Å². The first kappa shape index (κ1) is 19.8. The fourth-order valence-electron chi connectivity index (χ4n) is 4.26. The van der Waals surface area contributed by atoms with Gasteiger partial charge in [0, 0.05) is 49.9 Å². The highest BCUT2D eigenvalue weighted by molar-refractivity contribution is 6.30. The van der Waals surface area contributed by atoms with Crippen molar-refractivity contribution in [2.75, 3.05) is 42.5 Å². The summed E-state index contributed by atoms with van der Waals surface area (Å²) in [4.78, 5) is 40.5. The number of hydrogen-bond donors (Lipinski definition) is 0. The molecule has 2 aliphatic heterocycles. The predicted octanol–water partition coefficient (Wildman–Crippen LogP) is 2.98. The van der Waals surface area contributed by atoms with Crippen molar-refractivity contribution in [1.29, 1.82) is 0 Å². The summed E-state index contributed by atoms with van der Waals surface area (Å²) in [6, 6.07) is 14.9. The van der Waals surface area contributed by atoms with Crippen LogP contribution in [0.25, 0.3) is 11.0 Å². The minimum absolute atomic E-state index is 0.0225. The lowest BCUT2D eigenvalue weighted by atomic mass is 10.1. The molecule has 0 spiro atoms. The van der Waals surface area contributed by atoms with Crippen LogP contribution in [-0.4, -0.2) is 59.4 Å². The molecule has 2 fully saturated rings. The van der Waals surface area contributed by atoms with Crippen LogP contribution < -0.4 is 9.80 Å². The average molecular weight is 436 g/mol. The van der Waals surface area contributed by atoms with Crippen LogP contribution in [0.3, 0.4) is 0 Å². The molecule has 0 N–H and O–H groups in total. The van der Waals surface area contributed by atoms with Gasteiger partial charge in [0.05, 0.1) is 23.1 Å². The Labute approximate surface area is 185 Å². The smallest absolute Gasteiger partial charge is 0.228 e. The Kier molecular flexibility index (Phi) is 5.19. The van der Waals surface area contributed by atoms with E-state index in [2.05, 4.69) is 9.88 Å². The lowest BCUT2D eigenvalue weighted by Gasteiger charge is -2.36. The van der Waals surface area contributed by atoms with E-state index in [9.17, 15) is 9.59 Å². The second kappa shape index (κ2) is 8.15. The molecule has 158 valence electrons. The summed E-state index contributed by atoms with van der Waals surface area (Å²) in [5, 5.41) is 0.622. The molecule has 0 radical (unpaired) electrons. The molecule has 7 nitrogen and oxygen atoms in total. The third-order valence-electron chi connectivity index (χ3n) is 5.96. The van der Waals surface area contributed by atoms with Gasteiger partial charge in [0.2, 0.25) is 11.8 Å². The van der Waals surface area contributed by atoms with E-state index in [1.54, 1.807) is 23.2 Å². The Hall–Kier alpha value is -3.19.